The number of nitro groups is 1. The van der Waals surface area contributed by atoms with Crippen molar-refractivity contribution in [3.8, 4) is 0 Å². The molecule has 0 aromatic heterocycles. The standard InChI is InChI=1S/C20H19ClN4O3S/c21-17-14-16(25(27)28)7-8-18(17)23-10-12-24(13-11-23)20(29)22-19(26)9-6-15-4-2-1-3-5-15/h1-9,14H,10-13H2,(H,22,26,29)/b9-6+. The minimum Gasteiger partial charge on any atom is -0.367 e. The molecule has 0 radical (unpaired) electrons. The minimum atomic E-state index is -0.471. The van der Waals surface area contributed by atoms with Gasteiger partial charge in [0.25, 0.3) is 5.69 Å². The Balaban J connectivity index is 1.52. The highest BCUT2D eigenvalue weighted by Gasteiger charge is 2.22. The summed E-state index contributed by atoms with van der Waals surface area (Å²) in [6, 6.07) is 14.0. The molecule has 0 spiro atoms. The Kier molecular flexibility index (Phi) is 6.79. The first kappa shape index (κ1) is 20.8. The number of rotatable bonds is 4. The number of hydrogen-bond donors (Lipinski definition) is 1. The third-order valence-electron chi connectivity index (χ3n) is 4.51. The number of non-ortho nitro benzene ring substituents is 1. The van der Waals surface area contributed by atoms with Crippen LogP contribution in [0.25, 0.3) is 6.08 Å². The molecular formula is C20H19ClN4O3S. The van der Waals surface area contributed by atoms with Crippen LogP contribution in [0.3, 0.4) is 0 Å². The number of anilines is 1. The second-order valence-corrected chi connectivity index (χ2v) is 7.20. The van der Waals surface area contributed by atoms with Crippen molar-refractivity contribution in [3.05, 3.63) is 75.3 Å². The van der Waals surface area contributed by atoms with Gasteiger partial charge >= 0.3 is 0 Å². The van der Waals surface area contributed by atoms with E-state index in [4.69, 9.17) is 23.8 Å². The Morgan fingerprint density at radius 1 is 1.14 bits per heavy atom. The summed E-state index contributed by atoms with van der Waals surface area (Å²) < 4.78 is 0. The summed E-state index contributed by atoms with van der Waals surface area (Å²) in [6.07, 6.45) is 3.18. The van der Waals surface area contributed by atoms with Gasteiger partial charge in [0.05, 0.1) is 15.6 Å². The van der Waals surface area contributed by atoms with Gasteiger partial charge in [0.1, 0.15) is 0 Å². The normalized spacial score (nSPS) is 14.1. The highest BCUT2D eigenvalue weighted by molar-refractivity contribution is 7.80. The zero-order valence-corrected chi connectivity index (χ0v) is 17.0. The number of piperazine rings is 1. The Hall–Kier alpha value is -2.97. The van der Waals surface area contributed by atoms with Gasteiger partial charge in [-0.1, -0.05) is 41.9 Å². The van der Waals surface area contributed by atoms with Crippen LogP contribution in [0.1, 0.15) is 5.56 Å². The predicted octanol–water partition coefficient (Wildman–Crippen LogP) is 3.48. The summed E-state index contributed by atoms with van der Waals surface area (Å²) >= 11 is 11.6. The van der Waals surface area contributed by atoms with Gasteiger partial charge in [0.15, 0.2) is 5.11 Å². The largest absolute Gasteiger partial charge is 0.367 e. The summed E-state index contributed by atoms with van der Waals surface area (Å²) in [4.78, 5) is 26.4. The van der Waals surface area contributed by atoms with Crippen molar-refractivity contribution >= 4 is 52.3 Å². The zero-order chi connectivity index (χ0) is 20.8. The molecule has 1 saturated heterocycles. The first-order chi connectivity index (χ1) is 13.9. The van der Waals surface area contributed by atoms with Gasteiger partial charge in [-0.15, -0.1) is 0 Å². The van der Waals surface area contributed by atoms with E-state index < -0.39 is 4.92 Å². The fourth-order valence-electron chi connectivity index (χ4n) is 2.98. The molecule has 7 nitrogen and oxygen atoms in total. The van der Waals surface area contributed by atoms with Gasteiger partial charge in [-0.3, -0.25) is 20.2 Å². The van der Waals surface area contributed by atoms with Crippen LogP contribution in [-0.4, -0.2) is 47.0 Å². The predicted molar refractivity (Wildman–Crippen MR) is 118 cm³/mol. The van der Waals surface area contributed by atoms with Crippen LogP contribution in [0.15, 0.2) is 54.6 Å². The molecule has 1 aliphatic rings. The lowest BCUT2D eigenvalue weighted by molar-refractivity contribution is -0.384. The molecule has 0 saturated carbocycles. The number of halogens is 1. The van der Waals surface area contributed by atoms with Crippen molar-refractivity contribution in [2.75, 3.05) is 31.1 Å². The molecule has 1 N–H and O–H groups in total. The average Bonchev–Trinajstić information content (AvgIpc) is 2.73. The summed E-state index contributed by atoms with van der Waals surface area (Å²) in [6.45, 7) is 2.48. The summed E-state index contributed by atoms with van der Waals surface area (Å²) in [5.41, 5.74) is 1.64. The number of nitrogens with one attached hydrogen (secondary N) is 1. The van der Waals surface area contributed by atoms with Crippen molar-refractivity contribution in [2.45, 2.75) is 0 Å². The Bertz CT molecular complexity index is 944. The van der Waals surface area contributed by atoms with E-state index in [-0.39, 0.29) is 11.6 Å². The van der Waals surface area contributed by atoms with Crippen LogP contribution in [0.4, 0.5) is 11.4 Å². The Morgan fingerprint density at radius 3 is 2.45 bits per heavy atom. The van der Waals surface area contributed by atoms with E-state index in [1.807, 2.05) is 40.1 Å². The van der Waals surface area contributed by atoms with E-state index in [1.54, 1.807) is 12.1 Å². The van der Waals surface area contributed by atoms with Crippen molar-refractivity contribution in [3.63, 3.8) is 0 Å². The first-order valence-corrected chi connectivity index (χ1v) is 9.74. The van der Waals surface area contributed by atoms with Crippen LogP contribution in [0, 0.1) is 10.1 Å². The van der Waals surface area contributed by atoms with Crippen LogP contribution in [0.2, 0.25) is 5.02 Å². The van der Waals surface area contributed by atoms with E-state index in [9.17, 15) is 14.9 Å². The van der Waals surface area contributed by atoms with Crippen molar-refractivity contribution in [1.82, 2.24) is 10.2 Å². The molecule has 1 fully saturated rings. The molecule has 0 atom stereocenters. The number of hydrogen-bond acceptors (Lipinski definition) is 5. The topological polar surface area (TPSA) is 78.7 Å². The molecule has 150 valence electrons. The number of nitrogens with zero attached hydrogens (tertiary/aromatic N) is 3. The molecule has 0 bridgehead atoms. The molecule has 0 unspecified atom stereocenters. The maximum Gasteiger partial charge on any atom is 0.271 e. The lowest BCUT2D eigenvalue weighted by atomic mass is 10.2. The molecule has 0 aliphatic carbocycles. The second kappa shape index (κ2) is 9.49. The summed E-state index contributed by atoms with van der Waals surface area (Å²) in [5.74, 6) is -0.278. The number of benzene rings is 2. The van der Waals surface area contributed by atoms with Gasteiger partial charge in [0, 0.05) is 44.4 Å². The molecule has 29 heavy (non-hydrogen) atoms. The first-order valence-electron chi connectivity index (χ1n) is 8.96. The molecule has 3 rings (SSSR count). The fraction of sp³-hybridized carbons (Fsp3) is 0.200. The fourth-order valence-corrected chi connectivity index (χ4v) is 3.56. The Labute approximate surface area is 178 Å². The highest BCUT2D eigenvalue weighted by atomic mass is 35.5. The van der Waals surface area contributed by atoms with Gasteiger partial charge in [-0.25, -0.2) is 0 Å². The lowest BCUT2D eigenvalue weighted by Gasteiger charge is -2.37. The summed E-state index contributed by atoms with van der Waals surface area (Å²) in [5, 5.41) is 14.3. The molecular weight excluding hydrogens is 412 g/mol. The van der Waals surface area contributed by atoms with E-state index in [0.717, 1.165) is 11.3 Å². The lowest BCUT2D eigenvalue weighted by Crippen LogP contribution is -2.52. The Morgan fingerprint density at radius 2 is 1.83 bits per heavy atom. The molecule has 9 heteroatoms. The highest BCUT2D eigenvalue weighted by Crippen LogP contribution is 2.30. The van der Waals surface area contributed by atoms with Crippen molar-refractivity contribution in [1.29, 1.82) is 0 Å². The maximum atomic E-state index is 12.1. The maximum absolute atomic E-state index is 12.1. The third kappa shape index (κ3) is 5.52. The van der Waals surface area contributed by atoms with Crippen molar-refractivity contribution < 1.29 is 9.72 Å². The van der Waals surface area contributed by atoms with E-state index >= 15 is 0 Å². The number of amides is 1. The molecule has 1 heterocycles. The SMILES string of the molecule is O=C(/C=C/c1ccccc1)NC(=S)N1CCN(c2ccc([N+](=O)[O-])cc2Cl)CC1. The van der Waals surface area contributed by atoms with Gasteiger partial charge < -0.3 is 9.80 Å². The molecule has 2 aromatic carbocycles. The van der Waals surface area contributed by atoms with Crippen LogP contribution < -0.4 is 10.2 Å². The number of thiocarbonyl (C=S) groups is 1. The van der Waals surface area contributed by atoms with Crippen molar-refractivity contribution in [2.24, 2.45) is 0 Å². The van der Waals surface area contributed by atoms with Crippen LogP contribution in [0.5, 0.6) is 0 Å². The smallest absolute Gasteiger partial charge is 0.271 e. The van der Waals surface area contributed by atoms with Gasteiger partial charge in [0.2, 0.25) is 5.91 Å². The number of carbonyl (C=O) groups excluding carboxylic acids is 1. The molecule has 1 amide bonds. The molecule has 2 aromatic rings. The van der Waals surface area contributed by atoms with E-state index in [2.05, 4.69) is 5.32 Å². The second-order valence-electron chi connectivity index (χ2n) is 6.41. The van der Waals surface area contributed by atoms with E-state index in [1.165, 1.54) is 18.2 Å². The van der Waals surface area contributed by atoms with Gasteiger partial charge in [-0.05, 0) is 29.9 Å². The number of carbonyl (C=O) groups is 1. The van der Waals surface area contributed by atoms with E-state index in [0.29, 0.717) is 36.3 Å². The minimum absolute atomic E-state index is 0.0372. The average molecular weight is 431 g/mol. The van der Waals surface area contributed by atoms with Gasteiger partial charge in [-0.2, -0.15) is 0 Å². The zero-order valence-electron chi connectivity index (χ0n) is 15.5. The molecule has 1 aliphatic heterocycles. The van der Waals surface area contributed by atoms with Crippen LogP contribution in [-0.2, 0) is 4.79 Å². The third-order valence-corrected chi connectivity index (χ3v) is 5.17. The quantitative estimate of drug-likeness (QED) is 0.346. The van der Waals surface area contributed by atoms with Crippen LogP contribution >= 0.6 is 23.8 Å². The monoisotopic (exact) mass is 430 g/mol. The summed E-state index contributed by atoms with van der Waals surface area (Å²) in [7, 11) is 0. The number of nitro benzene ring substituents is 1.